The average Bonchev–Trinajstić information content (AvgIpc) is 2.55. The predicted octanol–water partition coefficient (Wildman–Crippen LogP) is 1.07. The van der Waals surface area contributed by atoms with E-state index < -0.39 is 11.3 Å². The quantitative estimate of drug-likeness (QED) is 0.740. The molecular formula is C11H10N2O3. The van der Waals surface area contributed by atoms with Gasteiger partial charge in [0.25, 0.3) is 5.56 Å². The molecule has 0 aliphatic heterocycles. The second kappa shape index (κ2) is 3.69. The molecule has 0 atom stereocenters. The summed E-state index contributed by atoms with van der Waals surface area (Å²) in [7, 11) is 0. The maximum atomic E-state index is 11.4. The standard InChI is InChI=1S/C11H10N2O3/c1-7(14)9-10(15)12-13(11(9)16)8-5-3-2-4-6-8/h2-6,16H,1H3,(H,12,15). The minimum Gasteiger partial charge on any atom is -0.493 e. The van der Waals surface area contributed by atoms with Crippen molar-refractivity contribution in [3.8, 4) is 11.6 Å². The number of nitrogens with zero attached hydrogens (tertiary/aromatic N) is 1. The lowest BCUT2D eigenvalue weighted by molar-refractivity contribution is 0.101. The summed E-state index contributed by atoms with van der Waals surface area (Å²) in [5.41, 5.74) is -0.220. The number of nitrogens with one attached hydrogen (secondary N) is 1. The first kappa shape index (κ1) is 10.2. The molecule has 0 saturated carbocycles. The van der Waals surface area contributed by atoms with Crippen LogP contribution < -0.4 is 5.56 Å². The Balaban J connectivity index is 2.65. The number of para-hydroxylation sites is 1. The Kier molecular flexibility index (Phi) is 2.36. The number of hydrogen-bond acceptors (Lipinski definition) is 3. The van der Waals surface area contributed by atoms with Gasteiger partial charge in [0, 0.05) is 0 Å². The Bertz CT molecular complexity index is 581. The second-order valence-electron chi connectivity index (χ2n) is 3.37. The van der Waals surface area contributed by atoms with E-state index in [0.29, 0.717) is 5.69 Å². The van der Waals surface area contributed by atoms with Gasteiger partial charge < -0.3 is 5.11 Å². The number of Topliss-reactive ketones (excluding diaryl/α,β-unsaturated/α-hetero) is 1. The van der Waals surface area contributed by atoms with Gasteiger partial charge in [0.2, 0.25) is 5.88 Å². The third kappa shape index (κ3) is 1.52. The van der Waals surface area contributed by atoms with Crippen LogP contribution in [0.1, 0.15) is 17.3 Å². The van der Waals surface area contributed by atoms with Gasteiger partial charge in [-0.05, 0) is 19.1 Å². The molecule has 2 rings (SSSR count). The molecule has 0 spiro atoms. The molecule has 1 aromatic carbocycles. The molecule has 0 radical (unpaired) electrons. The minimum atomic E-state index is -0.589. The van der Waals surface area contributed by atoms with E-state index in [4.69, 9.17) is 0 Å². The Morgan fingerprint density at radius 3 is 2.44 bits per heavy atom. The van der Waals surface area contributed by atoms with Gasteiger partial charge in [-0.1, -0.05) is 18.2 Å². The molecule has 82 valence electrons. The van der Waals surface area contributed by atoms with Gasteiger partial charge in [0.05, 0.1) is 5.69 Å². The number of hydrogen-bond donors (Lipinski definition) is 2. The van der Waals surface area contributed by atoms with Crippen LogP contribution >= 0.6 is 0 Å². The van der Waals surface area contributed by atoms with Crippen molar-refractivity contribution in [3.63, 3.8) is 0 Å². The van der Waals surface area contributed by atoms with E-state index in [0.717, 1.165) is 0 Å². The Morgan fingerprint density at radius 1 is 1.31 bits per heavy atom. The molecule has 0 aliphatic rings. The molecule has 5 heteroatoms. The molecular weight excluding hydrogens is 208 g/mol. The highest BCUT2D eigenvalue weighted by atomic mass is 16.3. The van der Waals surface area contributed by atoms with Gasteiger partial charge in [0.15, 0.2) is 5.78 Å². The Morgan fingerprint density at radius 2 is 1.94 bits per heavy atom. The smallest absolute Gasteiger partial charge is 0.279 e. The Hall–Kier alpha value is -2.30. The van der Waals surface area contributed by atoms with E-state index in [2.05, 4.69) is 5.10 Å². The predicted molar refractivity (Wildman–Crippen MR) is 58.1 cm³/mol. The first-order valence-electron chi connectivity index (χ1n) is 4.71. The van der Waals surface area contributed by atoms with Crippen molar-refractivity contribution >= 4 is 5.78 Å². The van der Waals surface area contributed by atoms with Crippen molar-refractivity contribution in [2.75, 3.05) is 0 Å². The highest BCUT2D eigenvalue weighted by molar-refractivity contribution is 5.96. The van der Waals surface area contributed by atoms with Crippen molar-refractivity contribution in [1.29, 1.82) is 0 Å². The van der Waals surface area contributed by atoms with Crippen molar-refractivity contribution in [2.24, 2.45) is 0 Å². The topological polar surface area (TPSA) is 75.1 Å². The number of ketones is 1. The number of aromatic amines is 1. The highest BCUT2D eigenvalue weighted by Gasteiger charge is 2.18. The third-order valence-corrected chi connectivity index (χ3v) is 2.24. The SMILES string of the molecule is CC(=O)c1c(O)n(-c2ccccc2)[nH]c1=O. The van der Waals surface area contributed by atoms with E-state index in [9.17, 15) is 14.7 Å². The number of rotatable bonds is 2. The van der Waals surface area contributed by atoms with E-state index in [-0.39, 0.29) is 11.4 Å². The van der Waals surface area contributed by atoms with Crippen LogP contribution in [-0.4, -0.2) is 20.7 Å². The molecule has 0 bridgehead atoms. The molecule has 16 heavy (non-hydrogen) atoms. The van der Waals surface area contributed by atoms with Crippen LogP contribution in [0.3, 0.4) is 0 Å². The summed E-state index contributed by atoms with van der Waals surface area (Å²) in [6.45, 7) is 1.24. The van der Waals surface area contributed by atoms with E-state index in [1.165, 1.54) is 11.6 Å². The van der Waals surface area contributed by atoms with Gasteiger partial charge in [-0.3, -0.25) is 14.7 Å². The van der Waals surface area contributed by atoms with Gasteiger partial charge >= 0.3 is 0 Å². The fourth-order valence-corrected chi connectivity index (χ4v) is 1.50. The number of benzene rings is 1. The van der Waals surface area contributed by atoms with Gasteiger partial charge in [-0.15, -0.1) is 0 Å². The van der Waals surface area contributed by atoms with Crippen LogP contribution in [-0.2, 0) is 0 Å². The highest BCUT2D eigenvalue weighted by Crippen LogP contribution is 2.17. The van der Waals surface area contributed by atoms with Gasteiger partial charge in [-0.2, -0.15) is 0 Å². The molecule has 5 nitrogen and oxygen atoms in total. The zero-order valence-corrected chi connectivity index (χ0v) is 8.60. The van der Waals surface area contributed by atoms with Gasteiger partial charge in [-0.25, -0.2) is 4.68 Å². The first-order valence-corrected chi connectivity index (χ1v) is 4.71. The fourth-order valence-electron chi connectivity index (χ4n) is 1.50. The summed E-state index contributed by atoms with van der Waals surface area (Å²) in [6.07, 6.45) is 0. The number of carbonyl (C=O) groups is 1. The maximum absolute atomic E-state index is 11.4. The van der Waals surface area contributed by atoms with Crippen LogP contribution in [0.25, 0.3) is 5.69 Å². The molecule has 0 unspecified atom stereocenters. The third-order valence-electron chi connectivity index (χ3n) is 2.24. The minimum absolute atomic E-state index is 0.219. The van der Waals surface area contributed by atoms with E-state index >= 15 is 0 Å². The molecule has 0 amide bonds. The first-order chi connectivity index (χ1) is 7.61. The monoisotopic (exact) mass is 218 g/mol. The van der Waals surface area contributed by atoms with Crippen molar-refractivity contribution in [3.05, 3.63) is 46.2 Å². The van der Waals surface area contributed by atoms with Crippen LogP contribution in [0.5, 0.6) is 5.88 Å². The average molecular weight is 218 g/mol. The lowest BCUT2D eigenvalue weighted by Crippen LogP contribution is -2.10. The van der Waals surface area contributed by atoms with E-state index in [1.807, 2.05) is 6.07 Å². The van der Waals surface area contributed by atoms with Crippen molar-refractivity contribution in [1.82, 2.24) is 9.78 Å². The summed E-state index contributed by atoms with van der Waals surface area (Å²) in [5, 5.41) is 12.1. The largest absolute Gasteiger partial charge is 0.493 e. The molecule has 1 aromatic heterocycles. The molecule has 0 fully saturated rings. The zero-order valence-electron chi connectivity index (χ0n) is 8.60. The molecule has 1 heterocycles. The lowest BCUT2D eigenvalue weighted by atomic mass is 10.2. The summed E-state index contributed by atoms with van der Waals surface area (Å²) < 4.78 is 1.18. The summed E-state index contributed by atoms with van der Waals surface area (Å²) >= 11 is 0. The van der Waals surface area contributed by atoms with Gasteiger partial charge in [0.1, 0.15) is 5.56 Å². The number of aromatic hydroxyl groups is 1. The summed E-state index contributed by atoms with van der Waals surface area (Å²) in [5.74, 6) is -0.822. The van der Waals surface area contributed by atoms with Crippen LogP contribution in [0.15, 0.2) is 35.1 Å². The molecule has 0 saturated heterocycles. The van der Waals surface area contributed by atoms with Crippen LogP contribution in [0.2, 0.25) is 0 Å². The molecule has 2 aromatic rings. The normalized spacial score (nSPS) is 10.3. The molecule has 2 N–H and O–H groups in total. The second-order valence-corrected chi connectivity index (χ2v) is 3.37. The van der Waals surface area contributed by atoms with Crippen molar-refractivity contribution < 1.29 is 9.90 Å². The fraction of sp³-hybridized carbons (Fsp3) is 0.0909. The van der Waals surface area contributed by atoms with Crippen LogP contribution in [0.4, 0.5) is 0 Å². The Labute approximate surface area is 90.9 Å². The van der Waals surface area contributed by atoms with Crippen LogP contribution in [0, 0.1) is 0 Å². The number of carbonyl (C=O) groups excluding carboxylic acids is 1. The maximum Gasteiger partial charge on any atom is 0.279 e. The number of H-pyrrole nitrogens is 1. The molecule has 0 aliphatic carbocycles. The number of aromatic nitrogens is 2. The zero-order chi connectivity index (χ0) is 11.7. The summed E-state index contributed by atoms with van der Waals surface area (Å²) in [6, 6.07) is 8.76. The van der Waals surface area contributed by atoms with Crippen molar-refractivity contribution in [2.45, 2.75) is 6.92 Å². The summed E-state index contributed by atoms with van der Waals surface area (Å²) in [4.78, 5) is 22.6. The van der Waals surface area contributed by atoms with E-state index in [1.54, 1.807) is 24.3 Å². The lowest BCUT2D eigenvalue weighted by Gasteiger charge is -2.02.